The van der Waals surface area contributed by atoms with E-state index in [0.29, 0.717) is 5.56 Å². The van der Waals surface area contributed by atoms with Crippen molar-refractivity contribution in [3.8, 4) is 0 Å². The Morgan fingerprint density at radius 3 is 3.09 bits per heavy atom. The minimum Gasteiger partial charge on any atom is -0.469 e. The second-order valence-corrected chi connectivity index (χ2v) is 6.08. The van der Waals surface area contributed by atoms with Crippen LogP contribution >= 0.6 is 0 Å². The molecule has 124 valence electrons. The standard InChI is InChI=1S/C17H24N4O2/c1-3-5-15-14(8-11-23-15)17(22)19-13-6-4-10-21(12-13)16-7-9-18-20(16)2/h7-9,11,13H,3-6,10,12H2,1-2H3,(H,19,22). The number of aromatic nitrogens is 2. The van der Waals surface area contributed by atoms with Crippen LogP contribution in [0.5, 0.6) is 0 Å². The molecule has 23 heavy (non-hydrogen) atoms. The highest BCUT2D eigenvalue weighted by molar-refractivity contribution is 5.95. The lowest BCUT2D eigenvalue weighted by Gasteiger charge is -2.34. The van der Waals surface area contributed by atoms with Gasteiger partial charge in [0.2, 0.25) is 0 Å². The molecule has 3 rings (SSSR count). The van der Waals surface area contributed by atoms with Gasteiger partial charge in [-0.25, -0.2) is 0 Å². The Kier molecular flexibility index (Phi) is 4.69. The SMILES string of the molecule is CCCc1occc1C(=O)NC1CCCN(c2ccnn2C)C1. The van der Waals surface area contributed by atoms with E-state index in [4.69, 9.17) is 4.42 Å². The van der Waals surface area contributed by atoms with Crippen molar-refractivity contribution in [1.82, 2.24) is 15.1 Å². The molecule has 0 aromatic carbocycles. The second-order valence-electron chi connectivity index (χ2n) is 6.08. The van der Waals surface area contributed by atoms with Crippen molar-refractivity contribution in [2.75, 3.05) is 18.0 Å². The zero-order valence-corrected chi connectivity index (χ0v) is 13.8. The maximum absolute atomic E-state index is 12.5. The Hall–Kier alpha value is -2.24. The smallest absolute Gasteiger partial charge is 0.255 e. The summed E-state index contributed by atoms with van der Waals surface area (Å²) in [7, 11) is 1.94. The van der Waals surface area contributed by atoms with Crippen molar-refractivity contribution < 1.29 is 9.21 Å². The molecule has 2 aromatic heterocycles. The minimum atomic E-state index is -0.0287. The summed E-state index contributed by atoms with van der Waals surface area (Å²) in [4.78, 5) is 14.8. The average molecular weight is 316 g/mol. The van der Waals surface area contributed by atoms with Gasteiger partial charge in [-0.2, -0.15) is 5.10 Å². The number of piperidine rings is 1. The molecule has 2 aromatic rings. The number of hydrogen-bond donors (Lipinski definition) is 1. The number of rotatable bonds is 5. The van der Waals surface area contributed by atoms with Crippen molar-refractivity contribution in [3.63, 3.8) is 0 Å². The largest absolute Gasteiger partial charge is 0.469 e. The first-order chi connectivity index (χ1) is 11.2. The molecule has 1 amide bonds. The summed E-state index contributed by atoms with van der Waals surface area (Å²) < 4.78 is 7.30. The van der Waals surface area contributed by atoms with E-state index in [1.165, 1.54) is 0 Å². The van der Waals surface area contributed by atoms with Gasteiger partial charge in [0.25, 0.3) is 5.91 Å². The topological polar surface area (TPSA) is 63.3 Å². The maximum atomic E-state index is 12.5. The fraction of sp³-hybridized carbons (Fsp3) is 0.529. The van der Waals surface area contributed by atoms with Crippen LogP contribution < -0.4 is 10.2 Å². The highest BCUT2D eigenvalue weighted by Crippen LogP contribution is 2.20. The van der Waals surface area contributed by atoms with E-state index in [1.54, 1.807) is 18.5 Å². The number of aryl methyl sites for hydroxylation is 2. The number of carbonyl (C=O) groups is 1. The highest BCUT2D eigenvalue weighted by atomic mass is 16.3. The molecule has 1 saturated heterocycles. The van der Waals surface area contributed by atoms with Crippen molar-refractivity contribution in [2.45, 2.75) is 38.6 Å². The minimum absolute atomic E-state index is 0.0287. The predicted octanol–water partition coefficient (Wildman–Crippen LogP) is 2.36. The van der Waals surface area contributed by atoms with Gasteiger partial charge in [-0.15, -0.1) is 0 Å². The third kappa shape index (κ3) is 3.41. The van der Waals surface area contributed by atoms with Crippen molar-refractivity contribution in [2.24, 2.45) is 7.05 Å². The van der Waals surface area contributed by atoms with Gasteiger partial charge in [0.05, 0.1) is 18.0 Å². The Bertz CT molecular complexity index is 661. The van der Waals surface area contributed by atoms with Crippen LogP contribution in [-0.2, 0) is 13.5 Å². The van der Waals surface area contributed by atoms with Crippen LogP contribution in [0.25, 0.3) is 0 Å². The van der Waals surface area contributed by atoms with Crippen molar-refractivity contribution >= 4 is 11.7 Å². The average Bonchev–Trinajstić information content (AvgIpc) is 3.17. The van der Waals surface area contributed by atoms with Gasteiger partial charge in [-0.05, 0) is 25.3 Å². The van der Waals surface area contributed by atoms with E-state index in [2.05, 4.69) is 22.2 Å². The van der Waals surface area contributed by atoms with Crippen molar-refractivity contribution in [3.05, 3.63) is 35.9 Å². The number of nitrogens with one attached hydrogen (secondary N) is 1. The Labute approximate surface area is 136 Å². The third-order valence-corrected chi connectivity index (χ3v) is 4.34. The molecule has 0 radical (unpaired) electrons. The molecule has 1 aliphatic heterocycles. The van der Waals surface area contributed by atoms with Crippen LogP contribution in [0.15, 0.2) is 29.0 Å². The summed E-state index contributed by atoms with van der Waals surface area (Å²) in [5.41, 5.74) is 0.671. The maximum Gasteiger partial charge on any atom is 0.255 e. The monoisotopic (exact) mass is 316 g/mol. The number of carbonyl (C=O) groups excluding carboxylic acids is 1. The van der Waals surface area contributed by atoms with Crippen LogP contribution in [0, 0.1) is 0 Å². The quantitative estimate of drug-likeness (QED) is 0.920. The Morgan fingerprint density at radius 1 is 1.48 bits per heavy atom. The first kappa shape index (κ1) is 15.6. The van der Waals surface area contributed by atoms with Crippen LogP contribution in [0.4, 0.5) is 5.82 Å². The van der Waals surface area contributed by atoms with E-state index in [0.717, 1.165) is 50.4 Å². The van der Waals surface area contributed by atoms with E-state index in [-0.39, 0.29) is 11.9 Å². The fourth-order valence-corrected chi connectivity index (χ4v) is 3.21. The predicted molar refractivity (Wildman–Crippen MR) is 88.6 cm³/mol. The van der Waals surface area contributed by atoms with E-state index in [9.17, 15) is 4.79 Å². The molecular formula is C17H24N4O2. The lowest BCUT2D eigenvalue weighted by Crippen LogP contribution is -2.48. The third-order valence-electron chi connectivity index (χ3n) is 4.34. The van der Waals surface area contributed by atoms with Gasteiger partial charge in [-0.3, -0.25) is 9.48 Å². The molecule has 0 bridgehead atoms. The van der Waals surface area contributed by atoms with Crippen LogP contribution in [-0.4, -0.2) is 34.8 Å². The first-order valence-electron chi connectivity index (χ1n) is 8.29. The molecule has 0 spiro atoms. The first-order valence-corrected chi connectivity index (χ1v) is 8.29. The summed E-state index contributed by atoms with van der Waals surface area (Å²) in [6.45, 7) is 3.89. The summed E-state index contributed by atoms with van der Waals surface area (Å²) in [6, 6.07) is 3.93. The Balaban J connectivity index is 1.64. The number of anilines is 1. The van der Waals surface area contributed by atoms with Crippen LogP contribution in [0.2, 0.25) is 0 Å². The van der Waals surface area contributed by atoms with Crippen LogP contribution in [0.3, 0.4) is 0 Å². The van der Waals surface area contributed by atoms with Gasteiger partial charge >= 0.3 is 0 Å². The molecule has 1 N–H and O–H groups in total. The fourth-order valence-electron chi connectivity index (χ4n) is 3.21. The Morgan fingerprint density at radius 2 is 2.35 bits per heavy atom. The summed E-state index contributed by atoms with van der Waals surface area (Å²) >= 11 is 0. The molecule has 1 fully saturated rings. The molecular weight excluding hydrogens is 292 g/mol. The van der Waals surface area contributed by atoms with Gasteiger partial charge in [-0.1, -0.05) is 6.92 Å². The van der Waals surface area contributed by atoms with Crippen LogP contribution in [0.1, 0.15) is 42.3 Å². The molecule has 1 atom stereocenters. The van der Waals surface area contributed by atoms with E-state index >= 15 is 0 Å². The van der Waals surface area contributed by atoms with E-state index in [1.807, 2.05) is 17.8 Å². The highest BCUT2D eigenvalue weighted by Gasteiger charge is 2.24. The summed E-state index contributed by atoms with van der Waals surface area (Å²) in [6.07, 6.45) is 7.22. The molecule has 0 saturated carbocycles. The van der Waals surface area contributed by atoms with Gasteiger partial charge in [0.1, 0.15) is 11.6 Å². The second kappa shape index (κ2) is 6.89. The zero-order valence-electron chi connectivity index (χ0n) is 13.8. The summed E-state index contributed by atoms with van der Waals surface area (Å²) in [5.74, 6) is 1.85. The number of nitrogens with zero attached hydrogens (tertiary/aromatic N) is 3. The molecule has 6 nitrogen and oxygen atoms in total. The lowest BCUT2D eigenvalue weighted by molar-refractivity contribution is 0.0931. The number of furan rings is 1. The molecule has 1 unspecified atom stereocenters. The summed E-state index contributed by atoms with van der Waals surface area (Å²) in [5, 5.41) is 7.39. The molecule has 0 aliphatic carbocycles. The molecule has 1 aliphatic rings. The van der Waals surface area contributed by atoms with Gasteiger partial charge in [0.15, 0.2) is 0 Å². The van der Waals surface area contributed by atoms with Gasteiger partial charge in [0, 0.05) is 38.7 Å². The van der Waals surface area contributed by atoms with E-state index < -0.39 is 0 Å². The number of amides is 1. The normalized spacial score (nSPS) is 18.2. The number of hydrogen-bond acceptors (Lipinski definition) is 4. The molecule has 3 heterocycles. The molecule has 6 heteroatoms. The van der Waals surface area contributed by atoms with Gasteiger partial charge < -0.3 is 14.6 Å². The zero-order chi connectivity index (χ0) is 16.2. The lowest BCUT2D eigenvalue weighted by atomic mass is 10.0. The van der Waals surface area contributed by atoms with Crippen molar-refractivity contribution in [1.29, 1.82) is 0 Å².